The van der Waals surface area contributed by atoms with Gasteiger partial charge in [-0.05, 0) is 39.0 Å². The predicted octanol–water partition coefficient (Wildman–Crippen LogP) is 5.05. The summed E-state index contributed by atoms with van der Waals surface area (Å²) in [5.74, 6) is 0.311. The summed E-state index contributed by atoms with van der Waals surface area (Å²) in [6.07, 6.45) is 4.47. The van der Waals surface area contributed by atoms with E-state index in [9.17, 15) is 4.79 Å². The summed E-state index contributed by atoms with van der Waals surface area (Å²) in [6.45, 7) is 10.2. The Morgan fingerprint density at radius 3 is 2.34 bits per heavy atom. The number of carbonyl (C=O) groups is 1. The average molecular weight is 396 g/mol. The molecule has 5 heteroatoms. The molecule has 3 rings (SSSR count). The van der Waals surface area contributed by atoms with E-state index in [-0.39, 0.29) is 17.8 Å². The number of nitrogens with zero attached hydrogens (tertiary/aromatic N) is 3. The summed E-state index contributed by atoms with van der Waals surface area (Å²) in [6, 6.07) is 8.36. The molecular formula is C24H33N3O2. The van der Waals surface area contributed by atoms with Crippen LogP contribution in [0.15, 0.2) is 24.3 Å². The Morgan fingerprint density at radius 1 is 1.10 bits per heavy atom. The van der Waals surface area contributed by atoms with E-state index in [4.69, 9.17) is 14.7 Å². The first-order chi connectivity index (χ1) is 14.0. The van der Waals surface area contributed by atoms with Gasteiger partial charge in [0.1, 0.15) is 0 Å². The number of anilines is 1. The topological polar surface area (TPSA) is 55.3 Å². The van der Waals surface area contributed by atoms with Gasteiger partial charge in [-0.25, -0.2) is 9.97 Å². The molecule has 1 fully saturated rings. The zero-order valence-electron chi connectivity index (χ0n) is 18.4. The molecule has 1 aromatic heterocycles. The molecule has 0 saturated carbocycles. The second kappa shape index (κ2) is 9.38. The van der Waals surface area contributed by atoms with Crippen LogP contribution in [0.1, 0.15) is 62.3 Å². The molecule has 1 aromatic carbocycles. The van der Waals surface area contributed by atoms with E-state index < -0.39 is 0 Å². The van der Waals surface area contributed by atoms with Gasteiger partial charge in [0.25, 0.3) is 0 Å². The maximum absolute atomic E-state index is 12.8. The number of carbonyl (C=O) groups excluding carboxylic acids is 1. The van der Waals surface area contributed by atoms with E-state index in [1.165, 1.54) is 31.9 Å². The van der Waals surface area contributed by atoms with Crippen molar-refractivity contribution in [3.63, 3.8) is 0 Å². The number of methoxy groups -OCH3 is 1. The first kappa shape index (κ1) is 21.3. The van der Waals surface area contributed by atoms with Gasteiger partial charge in [0, 0.05) is 29.9 Å². The molecule has 2 atom stereocenters. The van der Waals surface area contributed by atoms with Crippen LogP contribution >= 0.6 is 0 Å². The minimum atomic E-state index is -0.378. The number of esters is 1. The number of piperidine rings is 1. The van der Waals surface area contributed by atoms with Crippen LogP contribution in [0.3, 0.4) is 0 Å². The molecule has 0 spiro atoms. The third-order valence-corrected chi connectivity index (χ3v) is 6.07. The fraction of sp³-hybridized carbons (Fsp3) is 0.542. The minimum absolute atomic E-state index is 0.134. The van der Waals surface area contributed by atoms with E-state index >= 15 is 0 Å². The van der Waals surface area contributed by atoms with E-state index in [1.807, 2.05) is 6.92 Å². The maximum Gasteiger partial charge on any atom is 0.313 e. The number of rotatable bonds is 6. The molecule has 1 aliphatic rings. The molecule has 2 aromatic rings. The molecule has 29 heavy (non-hydrogen) atoms. The van der Waals surface area contributed by atoms with Crippen molar-refractivity contribution in [1.29, 1.82) is 0 Å². The van der Waals surface area contributed by atoms with Gasteiger partial charge >= 0.3 is 5.97 Å². The van der Waals surface area contributed by atoms with Crippen molar-refractivity contribution in [2.24, 2.45) is 5.92 Å². The Hall–Kier alpha value is -2.43. The predicted molar refractivity (Wildman–Crippen MR) is 117 cm³/mol. The quantitative estimate of drug-likeness (QED) is 0.640. The Morgan fingerprint density at radius 2 is 1.76 bits per heavy atom. The van der Waals surface area contributed by atoms with Crippen LogP contribution in [0.5, 0.6) is 0 Å². The fourth-order valence-electron chi connectivity index (χ4n) is 4.10. The second-order valence-corrected chi connectivity index (χ2v) is 8.17. The summed E-state index contributed by atoms with van der Waals surface area (Å²) >= 11 is 0. The lowest BCUT2D eigenvalue weighted by Crippen LogP contribution is -2.32. The molecule has 1 aliphatic heterocycles. The fourth-order valence-corrected chi connectivity index (χ4v) is 4.10. The monoisotopic (exact) mass is 395 g/mol. The molecule has 5 nitrogen and oxygen atoms in total. The van der Waals surface area contributed by atoms with Gasteiger partial charge in [-0.1, -0.05) is 50.1 Å². The smallest absolute Gasteiger partial charge is 0.313 e. The highest BCUT2D eigenvalue weighted by Crippen LogP contribution is 2.37. The first-order valence-electron chi connectivity index (χ1n) is 10.7. The third kappa shape index (κ3) is 4.60. The van der Waals surface area contributed by atoms with Gasteiger partial charge in [-0.2, -0.15) is 0 Å². The zero-order chi connectivity index (χ0) is 21.0. The van der Waals surface area contributed by atoms with Crippen molar-refractivity contribution < 1.29 is 9.53 Å². The third-order valence-electron chi connectivity index (χ3n) is 6.07. The molecule has 0 aliphatic carbocycles. The van der Waals surface area contributed by atoms with Crippen molar-refractivity contribution in [3.05, 3.63) is 41.1 Å². The van der Waals surface area contributed by atoms with Crippen molar-refractivity contribution >= 4 is 11.9 Å². The number of aryl methyl sites for hydroxylation is 2. The second-order valence-electron chi connectivity index (χ2n) is 8.17. The SMILES string of the molecule is CCC(C)C(C(=O)OC)c1c(C)nc(N2CCCCC2)nc1-c1ccc(C)cc1. The first-order valence-corrected chi connectivity index (χ1v) is 10.7. The van der Waals surface area contributed by atoms with Gasteiger partial charge in [-0.15, -0.1) is 0 Å². The van der Waals surface area contributed by atoms with E-state index in [0.717, 1.165) is 48.0 Å². The maximum atomic E-state index is 12.8. The molecule has 156 valence electrons. The molecule has 1 saturated heterocycles. The van der Waals surface area contributed by atoms with Gasteiger partial charge in [0.15, 0.2) is 0 Å². The number of ether oxygens (including phenoxy) is 1. The van der Waals surface area contributed by atoms with Gasteiger partial charge in [0.2, 0.25) is 5.95 Å². The summed E-state index contributed by atoms with van der Waals surface area (Å²) < 4.78 is 5.20. The highest BCUT2D eigenvalue weighted by molar-refractivity contribution is 5.82. The standard InChI is InChI=1S/C24H33N3O2/c1-6-17(3)20(23(28)29-5)21-18(4)25-24(27-14-8-7-9-15-27)26-22(21)19-12-10-16(2)11-13-19/h10-13,17,20H,6-9,14-15H2,1-5H3. The van der Waals surface area contributed by atoms with Crippen LogP contribution in [0, 0.1) is 19.8 Å². The number of hydrogen-bond acceptors (Lipinski definition) is 5. The molecular weight excluding hydrogens is 362 g/mol. The number of aromatic nitrogens is 2. The molecule has 2 unspecified atom stereocenters. The Balaban J connectivity index is 2.19. The molecule has 0 N–H and O–H groups in total. The summed E-state index contributed by atoms with van der Waals surface area (Å²) in [4.78, 5) is 25.0. The van der Waals surface area contributed by atoms with E-state index in [0.29, 0.717) is 0 Å². The van der Waals surface area contributed by atoms with Crippen LogP contribution in [0.2, 0.25) is 0 Å². The summed E-state index contributed by atoms with van der Waals surface area (Å²) in [5.41, 5.74) is 4.84. The number of hydrogen-bond donors (Lipinski definition) is 0. The van der Waals surface area contributed by atoms with Crippen LogP contribution < -0.4 is 4.90 Å². The van der Waals surface area contributed by atoms with Gasteiger partial charge in [0.05, 0.1) is 18.7 Å². The average Bonchev–Trinajstić information content (AvgIpc) is 2.75. The highest BCUT2D eigenvalue weighted by Gasteiger charge is 2.33. The Bertz CT molecular complexity index is 842. The summed E-state index contributed by atoms with van der Waals surface area (Å²) in [5, 5.41) is 0. The van der Waals surface area contributed by atoms with Crippen LogP contribution in [0.25, 0.3) is 11.3 Å². The van der Waals surface area contributed by atoms with Crippen LogP contribution in [-0.4, -0.2) is 36.1 Å². The van der Waals surface area contributed by atoms with Crippen LogP contribution in [-0.2, 0) is 9.53 Å². The lowest BCUT2D eigenvalue weighted by Gasteiger charge is -2.29. The molecule has 0 radical (unpaired) electrons. The molecule has 2 heterocycles. The normalized spacial score (nSPS) is 16.4. The lowest BCUT2D eigenvalue weighted by molar-refractivity contribution is -0.143. The minimum Gasteiger partial charge on any atom is -0.469 e. The summed E-state index contributed by atoms with van der Waals surface area (Å²) in [7, 11) is 1.46. The lowest BCUT2D eigenvalue weighted by atomic mass is 9.82. The van der Waals surface area contributed by atoms with Crippen molar-refractivity contribution in [1.82, 2.24) is 9.97 Å². The largest absolute Gasteiger partial charge is 0.469 e. The number of benzene rings is 1. The zero-order valence-corrected chi connectivity index (χ0v) is 18.4. The van der Waals surface area contributed by atoms with Gasteiger partial charge in [-0.3, -0.25) is 4.79 Å². The van der Waals surface area contributed by atoms with Crippen LogP contribution in [0.4, 0.5) is 5.95 Å². The van der Waals surface area contributed by atoms with E-state index in [1.54, 1.807) is 0 Å². The van der Waals surface area contributed by atoms with E-state index in [2.05, 4.69) is 49.9 Å². The van der Waals surface area contributed by atoms with Crippen molar-refractivity contribution in [2.45, 2.75) is 59.3 Å². The highest BCUT2D eigenvalue weighted by atomic mass is 16.5. The Kier molecular flexibility index (Phi) is 6.88. The van der Waals surface area contributed by atoms with Crippen molar-refractivity contribution in [2.75, 3.05) is 25.1 Å². The van der Waals surface area contributed by atoms with Gasteiger partial charge < -0.3 is 9.64 Å². The molecule has 0 amide bonds. The Labute approximate surface area is 174 Å². The molecule has 0 bridgehead atoms. The van der Waals surface area contributed by atoms with Crippen molar-refractivity contribution in [3.8, 4) is 11.3 Å².